The van der Waals surface area contributed by atoms with E-state index in [2.05, 4.69) is 33.0 Å². The Labute approximate surface area is 117 Å². The Bertz CT molecular complexity index is 282. The Morgan fingerprint density at radius 3 is 2.05 bits per heavy atom. The van der Waals surface area contributed by atoms with E-state index in [0.29, 0.717) is 12.5 Å². The van der Waals surface area contributed by atoms with Gasteiger partial charge in [0.05, 0.1) is 6.61 Å². The van der Waals surface area contributed by atoms with E-state index in [1.54, 1.807) is 0 Å². The van der Waals surface area contributed by atoms with Crippen molar-refractivity contribution in [2.24, 2.45) is 17.3 Å². The van der Waals surface area contributed by atoms with Gasteiger partial charge in [-0.2, -0.15) is 0 Å². The molecule has 0 aromatic carbocycles. The van der Waals surface area contributed by atoms with Crippen molar-refractivity contribution in [3.8, 4) is 0 Å². The first-order valence-corrected chi connectivity index (χ1v) is 7.10. The summed E-state index contributed by atoms with van der Waals surface area (Å²) >= 11 is 0. The molecular formula is C15H31NO3. The van der Waals surface area contributed by atoms with Crippen molar-refractivity contribution in [1.29, 1.82) is 0 Å². The molecule has 114 valence electrons. The number of amides is 1. The van der Waals surface area contributed by atoms with E-state index < -0.39 is 11.7 Å². The Balaban J connectivity index is 4.62. The Hall–Kier alpha value is -0.770. The number of aliphatic hydroxyl groups excluding tert-OH is 1. The van der Waals surface area contributed by atoms with Crippen LogP contribution in [0.3, 0.4) is 0 Å². The van der Waals surface area contributed by atoms with E-state index in [4.69, 9.17) is 4.74 Å². The van der Waals surface area contributed by atoms with Gasteiger partial charge in [-0.3, -0.25) is 0 Å². The van der Waals surface area contributed by atoms with Gasteiger partial charge >= 0.3 is 6.09 Å². The van der Waals surface area contributed by atoms with Gasteiger partial charge in [-0.1, -0.05) is 27.7 Å². The molecule has 0 aliphatic carbocycles. The molecule has 4 nitrogen and oxygen atoms in total. The summed E-state index contributed by atoms with van der Waals surface area (Å²) in [6.45, 7) is 14.4. The van der Waals surface area contributed by atoms with Crippen molar-refractivity contribution in [3.05, 3.63) is 0 Å². The van der Waals surface area contributed by atoms with E-state index in [1.165, 1.54) is 0 Å². The Morgan fingerprint density at radius 2 is 1.74 bits per heavy atom. The summed E-state index contributed by atoms with van der Waals surface area (Å²) in [7, 11) is 0. The molecule has 0 aromatic heterocycles. The zero-order valence-electron chi connectivity index (χ0n) is 13.5. The fourth-order valence-corrected chi connectivity index (χ4v) is 2.19. The zero-order chi connectivity index (χ0) is 15.3. The quantitative estimate of drug-likeness (QED) is 0.781. The molecular weight excluding hydrogens is 242 g/mol. The topological polar surface area (TPSA) is 58.6 Å². The average molecular weight is 273 g/mol. The minimum Gasteiger partial charge on any atom is -0.444 e. The lowest BCUT2D eigenvalue weighted by Crippen LogP contribution is -2.45. The number of nitrogens with one attached hydrogen (secondary N) is 1. The second kappa shape index (κ2) is 7.13. The molecule has 1 amide bonds. The van der Waals surface area contributed by atoms with Gasteiger partial charge < -0.3 is 15.2 Å². The highest BCUT2D eigenvalue weighted by Crippen LogP contribution is 2.33. The number of hydrogen-bond acceptors (Lipinski definition) is 3. The molecule has 0 aliphatic heterocycles. The second-order valence-electron chi connectivity index (χ2n) is 7.13. The van der Waals surface area contributed by atoms with Gasteiger partial charge in [-0.15, -0.1) is 0 Å². The van der Waals surface area contributed by atoms with E-state index in [9.17, 15) is 9.90 Å². The lowest BCUT2D eigenvalue weighted by Gasteiger charge is -2.37. The second-order valence-corrected chi connectivity index (χ2v) is 7.13. The normalized spacial score (nSPS) is 15.5. The molecule has 0 saturated carbocycles. The molecule has 1 atom stereocenters. The zero-order valence-corrected chi connectivity index (χ0v) is 13.5. The monoisotopic (exact) mass is 273 g/mol. The minimum atomic E-state index is -0.498. The molecule has 0 radical (unpaired) electrons. The van der Waals surface area contributed by atoms with Gasteiger partial charge in [0, 0.05) is 12.0 Å². The first kappa shape index (κ1) is 18.2. The first-order chi connectivity index (χ1) is 8.52. The predicted octanol–water partition coefficient (Wildman–Crippen LogP) is 3.19. The molecule has 0 aliphatic rings. The lowest BCUT2D eigenvalue weighted by atomic mass is 9.72. The molecule has 2 N–H and O–H groups in total. The van der Waals surface area contributed by atoms with Crippen LogP contribution in [0.1, 0.15) is 54.9 Å². The van der Waals surface area contributed by atoms with Crippen molar-refractivity contribution in [3.63, 3.8) is 0 Å². The van der Waals surface area contributed by atoms with Crippen LogP contribution < -0.4 is 5.32 Å². The van der Waals surface area contributed by atoms with Crippen molar-refractivity contribution < 1.29 is 14.6 Å². The fourth-order valence-electron chi connectivity index (χ4n) is 2.19. The van der Waals surface area contributed by atoms with Crippen LogP contribution >= 0.6 is 0 Å². The third-order valence-electron chi connectivity index (χ3n) is 3.34. The highest BCUT2D eigenvalue weighted by atomic mass is 16.6. The van der Waals surface area contributed by atoms with E-state index in [1.807, 2.05) is 20.8 Å². The molecule has 0 fully saturated rings. The van der Waals surface area contributed by atoms with Crippen LogP contribution in [0, 0.1) is 17.3 Å². The maximum atomic E-state index is 11.7. The molecule has 0 saturated heterocycles. The van der Waals surface area contributed by atoms with E-state index in [0.717, 1.165) is 6.42 Å². The molecule has 0 bridgehead atoms. The number of alkyl carbamates (subject to hydrolysis) is 1. The number of aliphatic hydroxyl groups is 1. The average Bonchev–Trinajstić information content (AvgIpc) is 2.20. The predicted molar refractivity (Wildman–Crippen MR) is 78.0 cm³/mol. The maximum Gasteiger partial charge on any atom is 0.407 e. The third-order valence-corrected chi connectivity index (χ3v) is 3.34. The van der Waals surface area contributed by atoms with E-state index >= 15 is 0 Å². The summed E-state index contributed by atoms with van der Waals surface area (Å²) in [6, 6.07) is 0. The highest BCUT2D eigenvalue weighted by Gasteiger charge is 2.34. The minimum absolute atomic E-state index is 0.0681. The summed E-state index contributed by atoms with van der Waals surface area (Å²) in [5.41, 5.74) is -0.785. The standard InChI is InChI=1S/C15H31NO3/c1-11(2)8-15(10-17,12(3)4)9-16-13(18)19-14(5,6)7/h11-12,17H,8-10H2,1-7H3,(H,16,18). The van der Waals surface area contributed by atoms with Crippen molar-refractivity contribution in [2.45, 2.75) is 60.5 Å². The first-order valence-electron chi connectivity index (χ1n) is 7.10. The van der Waals surface area contributed by atoms with Crippen LogP contribution in [0.2, 0.25) is 0 Å². The summed E-state index contributed by atoms with van der Waals surface area (Å²) in [5.74, 6) is 0.754. The highest BCUT2D eigenvalue weighted by molar-refractivity contribution is 5.67. The smallest absolute Gasteiger partial charge is 0.407 e. The number of hydrogen-bond donors (Lipinski definition) is 2. The van der Waals surface area contributed by atoms with Crippen LogP contribution in [0.5, 0.6) is 0 Å². The Morgan fingerprint density at radius 1 is 1.21 bits per heavy atom. The van der Waals surface area contributed by atoms with Crippen LogP contribution in [-0.2, 0) is 4.74 Å². The van der Waals surface area contributed by atoms with E-state index in [-0.39, 0.29) is 17.9 Å². The molecule has 0 spiro atoms. The third kappa shape index (κ3) is 6.81. The van der Waals surface area contributed by atoms with Crippen molar-refractivity contribution in [1.82, 2.24) is 5.32 Å². The van der Waals surface area contributed by atoms with Gasteiger partial charge in [-0.25, -0.2) is 4.79 Å². The summed E-state index contributed by atoms with van der Waals surface area (Å²) in [5, 5.41) is 12.5. The van der Waals surface area contributed by atoms with Crippen LogP contribution in [0.4, 0.5) is 4.79 Å². The van der Waals surface area contributed by atoms with Crippen LogP contribution in [-0.4, -0.2) is 30.0 Å². The molecule has 1 unspecified atom stereocenters. The van der Waals surface area contributed by atoms with Gasteiger partial charge in [0.15, 0.2) is 0 Å². The Kier molecular flexibility index (Phi) is 6.84. The van der Waals surface area contributed by atoms with Gasteiger partial charge in [-0.05, 0) is 39.0 Å². The molecule has 0 heterocycles. The van der Waals surface area contributed by atoms with Gasteiger partial charge in [0.2, 0.25) is 0 Å². The maximum absolute atomic E-state index is 11.7. The van der Waals surface area contributed by atoms with Crippen molar-refractivity contribution in [2.75, 3.05) is 13.2 Å². The molecule has 0 rings (SSSR count). The number of rotatable bonds is 6. The van der Waals surface area contributed by atoms with Crippen molar-refractivity contribution >= 4 is 6.09 Å². The van der Waals surface area contributed by atoms with Crippen LogP contribution in [0.25, 0.3) is 0 Å². The van der Waals surface area contributed by atoms with Gasteiger partial charge in [0.1, 0.15) is 5.60 Å². The number of carbonyl (C=O) groups is 1. The summed E-state index contributed by atoms with van der Waals surface area (Å²) in [4.78, 5) is 11.7. The van der Waals surface area contributed by atoms with Crippen LogP contribution in [0.15, 0.2) is 0 Å². The largest absolute Gasteiger partial charge is 0.444 e. The fraction of sp³-hybridized carbons (Fsp3) is 0.933. The van der Waals surface area contributed by atoms with Gasteiger partial charge in [0.25, 0.3) is 0 Å². The molecule has 19 heavy (non-hydrogen) atoms. The lowest BCUT2D eigenvalue weighted by molar-refractivity contribution is 0.0321. The SMILES string of the molecule is CC(C)CC(CO)(CNC(=O)OC(C)(C)C)C(C)C. The number of ether oxygens (including phenoxy) is 1. The molecule has 0 aromatic rings. The number of carbonyl (C=O) groups excluding carboxylic acids is 1. The summed E-state index contributed by atoms with van der Waals surface area (Å²) < 4.78 is 5.23. The summed E-state index contributed by atoms with van der Waals surface area (Å²) in [6.07, 6.45) is 0.450. The molecule has 4 heteroatoms.